The van der Waals surface area contributed by atoms with Crippen LogP contribution in [0.5, 0.6) is 0 Å². The van der Waals surface area contributed by atoms with E-state index >= 15 is 0 Å². The van der Waals surface area contributed by atoms with Crippen molar-refractivity contribution >= 4 is 0 Å². The van der Waals surface area contributed by atoms with Gasteiger partial charge >= 0.3 is 0 Å². The molecule has 44 valence electrons. The third-order valence-corrected chi connectivity index (χ3v) is 0.827. The van der Waals surface area contributed by atoms with Crippen molar-refractivity contribution in [3.05, 3.63) is 0 Å². The Kier molecular flexibility index (Phi) is 5.78. The summed E-state index contributed by atoms with van der Waals surface area (Å²) >= 11 is 0. The largest absolute Gasteiger partial charge is 0.381 e. The maximum absolute atomic E-state index is 6.50. The SMILES string of the molecule is C1CCOC1.NO. The van der Waals surface area contributed by atoms with Crippen LogP contribution in [-0.4, -0.2) is 18.4 Å². The molecule has 1 heterocycles. The Morgan fingerprint density at radius 1 is 1.14 bits per heavy atom. The van der Waals surface area contributed by atoms with Crippen LogP contribution in [0.15, 0.2) is 0 Å². The van der Waals surface area contributed by atoms with Gasteiger partial charge < -0.3 is 9.94 Å². The zero-order chi connectivity index (χ0) is 5.54. The molecular weight excluding hydrogens is 94.0 g/mol. The summed E-state index contributed by atoms with van der Waals surface area (Å²) in [6.07, 6.45) is 2.56. The Balaban J connectivity index is 0.000000162. The summed E-state index contributed by atoms with van der Waals surface area (Å²) in [6.45, 7) is 2.00. The first-order chi connectivity index (χ1) is 3.50. The molecule has 0 atom stereocenters. The van der Waals surface area contributed by atoms with Crippen molar-refractivity contribution in [3.8, 4) is 0 Å². The lowest BCUT2D eigenvalue weighted by Crippen LogP contribution is -1.74. The Hall–Kier alpha value is -0.120. The maximum Gasteiger partial charge on any atom is 0.0466 e. The van der Waals surface area contributed by atoms with Gasteiger partial charge in [0.25, 0.3) is 0 Å². The minimum absolute atomic E-state index is 1.00. The van der Waals surface area contributed by atoms with E-state index in [1.807, 2.05) is 0 Å². The van der Waals surface area contributed by atoms with Crippen molar-refractivity contribution in [2.45, 2.75) is 12.8 Å². The van der Waals surface area contributed by atoms with Gasteiger partial charge in [0.1, 0.15) is 0 Å². The molecule has 0 spiro atoms. The van der Waals surface area contributed by atoms with Crippen molar-refractivity contribution in [1.29, 1.82) is 0 Å². The Morgan fingerprint density at radius 3 is 1.71 bits per heavy atom. The number of rotatable bonds is 0. The van der Waals surface area contributed by atoms with Crippen molar-refractivity contribution in [1.82, 2.24) is 0 Å². The number of ether oxygens (including phenoxy) is 1. The number of hydrogen-bond donors (Lipinski definition) is 2. The van der Waals surface area contributed by atoms with Crippen molar-refractivity contribution < 1.29 is 9.94 Å². The molecule has 0 radical (unpaired) electrons. The predicted octanol–water partition coefficient (Wildman–Crippen LogP) is 0.131. The van der Waals surface area contributed by atoms with Gasteiger partial charge in [-0.15, -0.1) is 0 Å². The molecule has 0 aromatic carbocycles. The molecule has 1 rings (SSSR count). The van der Waals surface area contributed by atoms with Crippen molar-refractivity contribution in [2.24, 2.45) is 5.90 Å². The molecule has 3 N–H and O–H groups in total. The fourth-order valence-electron chi connectivity index (χ4n) is 0.510. The molecule has 0 bridgehead atoms. The normalized spacial score (nSPS) is 18.0. The Bertz CT molecular complexity index is 21.3. The zero-order valence-electron chi connectivity index (χ0n) is 4.26. The van der Waals surface area contributed by atoms with E-state index in [2.05, 4.69) is 5.90 Å². The van der Waals surface area contributed by atoms with Gasteiger partial charge in [-0.25, -0.2) is 5.90 Å². The summed E-state index contributed by atoms with van der Waals surface area (Å²) in [4.78, 5) is 0. The summed E-state index contributed by atoms with van der Waals surface area (Å²) in [5.41, 5.74) is 0. The van der Waals surface area contributed by atoms with Gasteiger partial charge in [-0.2, -0.15) is 0 Å². The topological polar surface area (TPSA) is 55.5 Å². The number of hydrogen-bond acceptors (Lipinski definition) is 3. The highest BCUT2D eigenvalue weighted by Gasteiger charge is 1.94. The second kappa shape index (κ2) is 5.88. The fraction of sp³-hybridized carbons (Fsp3) is 1.00. The molecule has 1 aliphatic heterocycles. The highest BCUT2D eigenvalue weighted by molar-refractivity contribution is 4.43. The van der Waals surface area contributed by atoms with E-state index in [-0.39, 0.29) is 0 Å². The Labute approximate surface area is 43.0 Å². The molecule has 7 heavy (non-hydrogen) atoms. The van der Waals surface area contributed by atoms with Gasteiger partial charge in [0.2, 0.25) is 0 Å². The third kappa shape index (κ3) is 3.72. The van der Waals surface area contributed by atoms with Gasteiger partial charge in [-0.05, 0) is 12.8 Å². The van der Waals surface area contributed by atoms with E-state index in [1.165, 1.54) is 12.8 Å². The van der Waals surface area contributed by atoms with Crippen LogP contribution in [0.3, 0.4) is 0 Å². The van der Waals surface area contributed by atoms with E-state index in [1.54, 1.807) is 0 Å². The first kappa shape index (κ1) is 6.88. The smallest absolute Gasteiger partial charge is 0.0466 e. The summed E-state index contributed by atoms with van der Waals surface area (Å²) in [5, 5.41) is 6.50. The minimum Gasteiger partial charge on any atom is -0.381 e. The molecule has 3 heteroatoms. The first-order valence-electron chi connectivity index (χ1n) is 2.34. The highest BCUT2D eigenvalue weighted by atomic mass is 16.5. The van der Waals surface area contributed by atoms with E-state index in [9.17, 15) is 0 Å². The minimum atomic E-state index is 1.00. The van der Waals surface area contributed by atoms with Crippen LogP contribution in [0.2, 0.25) is 0 Å². The van der Waals surface area contributed by atoms with E-state index in [0.717, 1.165) is 13.2 Å². The molecule has 1 aliphatic rings. The maximum atomic E-state index is 6.50. The zero-order valence-corrected chi connectivity index (χ0v) is 4.26. The number of nitrogens with two attached hydrogens (primary N) is 1. The van der Waals surface area contributed by atoms with Crippen molar-refractivity contribution in [3.63, 3.8) is 0 Å². The molecular formula is C4H11NO2. The molecule has 3 nitrogen and oxygen atoms in total. The summed E-state index contributed by atoms with van der Waals surface area (Å²) in [5.74, 6) is 3.50. The lowest BCUT2D eigenvalue weighted by atomic mass is 10.4. The third-order valence-electron chi connectivity index (χ3n) is 0.827. The van der Waals surface area contributed by atoms with Crippen LogP contribution < -0.4 is 5.90 Å². The average molecular weight is 105 g/mol. The molecule has 0 saturated carbocycles. The first-order valence-corrected chi connectivity index (χ1v) is 2.34. The molecule has 0 aromatic heterocycles. The molecule has 0 unspecified atom stereocenters. The molecule has 1 fully saturated rings. The summed E-state index contributed by atoms with van der Waals surface area (Å²) in [7, 11) is 0. The average Bonchev–Trinajstić information content (AvgIpc) is 2.23. The van der Waals surface area contributed by atoms with Gasteiger partial charge in [0.15, 0.2) is 0 Å². The Morgan fingerprint density at radius 2 is 1.57 bits per heavy atom. The second-order valence-corrected chi connectivity index (χ2v) is 1.32. The van der Waals surface area contributed by atoms with Gasteiger partial charge in [0, 0.05) is 13.2 Å². The summed E-state index contributed by atoms with van der Waals surface area (Å²) < 4.78 is 4.94. The van der Waals surface area contributed by atoms with Gasteiger partial charge in [-0.3, -0.25) is 0 Å². The van der Waals surface area contributed by atoms with Crippen LogP contribution in [0.25, 0.3) is 0 Å². The fourth-order valence-corrected chi connectivity index (χ4v) is 0.510. The standard InChI is InChI=1S/C4H8O.H3NO/c1-2-4-5-3-1;1-2/h1-4H2;2H,1H2. The molecule has 0 aliphatic carbocycles. The van der Waals surface area contributed by atoms with Gasteiger partial charge in [-0.1, -0.05) is 0 Å². The van der Waals surface area contributed by atoms with Crippen LogP contribution in [0, 0.1) is 0 Å². The molecule has 0 aromatic rings. The van der Waals surface area contributed by atoms with Crippen molar-refractivity contribution in [2.75, 3.05) is 13.2 Å². The lowest BCUT2D eigenvalue weighted by molar-refractivity contribution is 0.198. The van der Waals surface area contributed by atoms with E-state index < -0.39 is 0 Å². The monoisotopic (exact) mass is 105 g/mol. The summed E-state index contributed by atoms with van der Waals surface area (Å²) in [6, 6.07) is 0. The van der Waals surface area contributed by atoms with E-state index in [4.69, 9.17) is 9.94 Å². The lowest BCUT2D eigenvalue weighted by Gasteiger charge is -1.76. The predicted molar refractivity (Wildman–Crippen MR) is 26.0 cm³/mol. The van der Waals surface area contributed by atoms with Gasteiger partial charge in [0.05, 0.1) is 0 Å². The molecule has 1 saturated heterocycles. The second-order valence-electron chi connectivity index (χ2n) is 1.32. The van der Waals surface area contributed by atoms with Crippen LogP contribution in [0.4, 0.5) is 0 Å². The van der Waals surface area contributed by atoms with Crippen LogP contribution in [-0.2, 0) is 4.74 Å². The quantitative estimate of drug-likeness (QED) is 0.430. The molecule has 0 amide bonds. The van der Waals surface area contributed by atoms with Crippen LogP contribution in [0.1, 0.15) is 12.8 Å². The van der Waals surface area contributed by atoms with Crippen LogP contribution >= 0.6 is 0 Å². The highest BCUT2D eigenvalue weighted by Crippen LogP contribution is 1.98. The van der Waals surface area contributed by atoms with E-state index in [0.29, 0.717) is 0 Å².